The first kappa shape index (κ1) is 56.8. The van der Waals surface area contributed by atoms with E-state index in [1.54, 1.807) is 65.0 Å². The number of hydrogen-bond acceptors (Lipinski definition) is 24. The third-order valence-electron chi connectivity index (χ3n) is 12.0. The van der Waals surface area contributed by atoms with Gasteiger partial charge in [0.1, 0.15) is 11.5 Å². The average Bonchev–Trinajstić information content (AvgIpc) is 4.33. The van der Waals surface area contributed by atoms with Crippen molar-refractivity contribution in [2.75, 3.05) is 42.5 Å². The van der Waals surface area contributed by atoms with Crippen LogP contribution in [0.1, 0.15) is 49.5 Å². The Balaban J connectivity index is 0.000000132. The Morgan fingerprint density at radius 3 is 1.39 bits per heavy atom. The Morgan fingerprint density at radius 1 is 0.536 bits per heavy atom. The number of carbonyl (C=O) groups is 3. The van der Waals surface area contributed by atoms with Crippen molar-refractivity contribution in [3.8, 4) is 11.5 Å². The molecule has 25 nitrogen and oxygen atoms in total. The van der Waals surface area contributed by atoms with Crippen molar-refractivity contribution in [3.63, 3.8) is 0 Å². The van der Waals surface area contributed by atoms with Gasteiger partial charge in [-0.2, -0.15) is 5.21 Å². The van der Waals surface area contributed by atoms with Crippen LogP contribution in [0.2, 0.25) is 0 Å². The van der Waals surface area contributed by atoms with Crippen LogP contribution in [0.25, 0.3) is 40.9 Å². The molecule has 6 aromatic carbocycles. The number of nitrogens with zero attached hydrogens (tertiary/aromatic N) is 12. The standard InChI is InChI=1S/C20H19N5O3S.C18H15N5O3S.C10H7N5O2S.C7H6N2S/c1-3-28-20(26)18-19(22-14-6-9-16-17(10-14)29-12-21-16)25(24-23-18)11-13-4-7-15(27-2)8-5-13;1-26-13-5-2-11(3-6-13)9-23-17(16(18(24)25)21-22-23)20-12-4-7-14-15(8-12)27-10-19-14;16-10(17)8-9(14-15-13-8)12-5-1-2-6-7(3-5)18-4-11-6;8-5-1-2-6-7(3-5)10-4-9-6/h4-10,12,22H,3,11H2,1-2H3;2-8,10,20H,9H2,1H3,(H,24,25);1-4H,(H,16,17)(H2,12,13,14,15);1-4H,8H2. The van der Waals surface area contributed by atoms with E-state index >= 15 is 0 Å². The van der Waals surface area contributed by atoms with Crippen molar-refractivity contribution in [2.45, 2.75) is 20.0 Å². The molecular formula is C55H47N17O8S4. The second-order valence-corrected chi connectivity index (χ2v) is 21.0. The van der Waals surface area contributed by atoms with E-state index in [1.165, 1.54) is 27.4 Å². The highest BCUT2D eigenvalue weighted by Crippen LogP contribution is 2.30. The molecular weight excluding hydrogens is 1150 g/mol. The van der Waals surface area contributed by atoms with E-state index in [9.17, 15) is 19.5 Å². The first-order valence-corrected chi connectivity index (χ1v) is 28.5. The number of aromatic carboxylic acids is 2. The number of rotatable bonds is 16. The number of thiazole rings is 4. The Bertz CT molecular complexity index is 4380. The van der Waals surface area contributed by atoms with E-state index in [2.05, 4.69) is 71.9 Å². The minimum atomic E-state index is -1.14. The molecule has 13 rings (SSSR count). The number of nitrogens with one attached hydrogen (secondary N) is 4. The van der Waals surface area contributed by atoms with Crippen molar-refractivity contribution in [2.24, 2.45) is 0 Å². The van der Waals surface area contributed by atoms with E-state index in [0.29, 0.717) is 24.7 Å². The molecule has 0 spiro atoms. The topological polar surface area (TPSA) is 336 Å². The maximum absolute atomic E-state index is 12.4. The van der Waals surface area contributed by atoms with Crippen LogP contribution in [-0.4, -0.2) is 114 Å². The van der Waals surface area contributed by atoms with Crippen molar-refractivity contribution < 1.29 is 38.8 Å². The number of benzene rings is 6. The zero-order chi connectivity index (χ0) is 58.5. The lowest BCUT2D eigenvalue weighted by Crippen LogP contribution is -2.11. The van der Waals surface area contributed by atoms with Gasteiger partial charge in [-0.25, -0.2) is 43.7 Å². The van der Waals surface area contributed by atoms with Crippen LogP contribution in [-0.2, 0) is 17.8 Å². The van der Waals surface area contributed by atoms with Gasteiger partial charge in [-0.15, -0.1) is 65.7 Å². The molecule has 0 aliphatic carbocycles. The van der Waals surface area contributed by atoms with E-state index in [-0.39, 0.29) is 29.5 Å². The first-order chi connectivity index (χ1) is 40.9. The summed E-state index contributed by atoms with van der Waals surface area (Å²) in [6.45, 7) is 2.82. The molecule has 7 heterocycles. The number of hydrogen-bond donors (Lipinski definition) is 7. The lowest BCUT2D eigenvalue weighted by Gasteiger charge is -2.11. The van der Waals surface area contributed by atoms with Crippen LogP contribution >= 0.6 is 45.3 Å². The number of anilines is 7. The minimum Gasteiger partial charge on any atom is -0.497 e. The van der Waals surface area contributed by atoms with E-state index in [1.807, 2.05) is 127 Å². The van der Waals surface area contributed by atoms with Gasteiger partial charge in [0.15, 0.2) is 17.5 Å². The number of nitrogen functional groups attached to an aromatic ring is 1. The highest BCUT2D eigenvalue weighted by molar-refractivity contribution is 7.17. The summed E-state index contributed by atoms with van der Waals surface area (Å²) >= 11 is 6.19. The van der Waals surface area contributed by atoms with Crippen LogP contribution in [0.15, 0.2) is 143 Å². The lowest BCUT2D eigenvalue weighted by molar-refractivity contribution is 0.0519. The van der Waals surface area contributed by atoms with Gasteiger partial charge in [0, 0.05) is 22.7 Å². The second kappa shape index (κ2) is 26.4. The molecule has 0 aliphatic heterocycles. The molecule has 13 aromatic rings. The fourth-order valence-electron chi connectivity index (χ4n) is 7.93. The van der Waals surface area contributed by atoms with Gasteiger partial charge in [0.25, 0.3) is 0 Å². The Kier molecular flexibility index (Phi) is 17.8. The highest BCUT2D eigenvalue weighted by atomic mass is 32.1. The smallest absolute Gasteiger partial charge is 0.362 e. The Labute approximate surface area is 491 Å². The molecule has 0 bridgehead atoms. The summed E-state index contributed by atoms with van der Waals surface area (Å²) < 4.78 is 22.9. The molecule has 0 saturated heterocycles. The van der Waals surface area contributed by atoms with Crippen LogP contribution in [0.5, 0.6) is 11.5 Å². The molecule has 424 valence electrons. The van der Waals surface area contributed by atoms with Gasteiger partial charge in [-0.05, 0) is 115 Å². The van der Waals surface area contributed by atoms with E-state index in [0.717, 1.165) is 86.2 Å². The molecule has 0 fully saturated rings. The lowest BCUT2D eigenvalue weighted by atomic mass is 10.2. The third-order valence-corrected chi connectivity index (χ3v) is 15.2. The van der Waals surface area contributed by atoms with Crippen LogP contribution < -0.4 is 31.2 Å². The van der Waals surface area contributed by atoms with E-state index in [4.69, 9.17) is 25.1 Å². The molecule has 0 atom stereocenters. The molecule has 8 N–H and O–H groups in total. The minimum absolute atomic E-state index is 0.132. The Hall–Kier alpha value is -10.5. The first-order valence-electron chi connectivity index (χ1n) is 25.0. The monoisotopic (exact) mass is 1200 g/mol. The van der Waals surface area contributed by atoms with Gasteiger partial charge in [-0.1, -0.05) is 34.7 Å². The zero-order valence-corrected chi connectivity index (χ0v) is 47.7. The number of nitrogens with two attached hydrogens (primary N) is 1. The number of H-pyrrole nitrogens is 1. The maximum Gasteiger partial charge on any atom is 0.362 e. The van der Waals surface area contributed by atoms with Gasteiger partial charge in [0.2, 0.25) is 17.1 Å². The summed E-state index contributed by atoms with van der Waals surface area (Å²) in [5.41, 5.74) is 21.4. The van der Waals surface area contributed by atoms with Crippen molar-refractivity contribution in [3.05, 3.63) is 172 Å². The normalized spacial score (nSPS) is 10.8. The molecule has 0 radical (unpaired) electrons. The summed E-state index contributed by atoms with van der Waals surface area (Å²) in [5.74, 6) is -0.287. The number of carboxylic acids is 2. The number of methoxy groups -OCH3 is 2. The number of fused-ring (bicyclic) bond motifs is 4. The van der Waals surface area contributed by atoms with Gasteiger partial charge in [-0.3, -0.25) is 0 Å². The molecule has 29 heteroatoms. The van der Waals surface area contributed by atoms with Crippen molar-refractivity contribution in [1.29, 1.82) is 0 Å². The number of carboxylic acid groups (broad SMARTS) is 2. The van der Waals surface area contributed by atoms with Gasteiger partial charge < -0.3 is 46.1 Å². The number of carbonyl (C=O) groups excluding carboxylic acids is 1. The summed E-state index contributed by atoms with van der Waals surface area (Å²) in [5, 5.41) is 53.3. The number of aromatic amines is 1. The summed E-state index contributed by atoms with van der Waals surface area (Å²) in [6.07, 6.45) is 0. The van der Waals surface area contributed by atoms with Crippen LogP contribution in [0.4, 0.5) is 40.2 Å². The SMILES string of the molecule is CCOC(=O)c1nnn(Cc2ccc(OC)cc2)c1Nc1ccc2ncsc2c1.COc1ccc(Cn2nnc(C(=O)O)c2Nc2ccc3ncsc3c2)cc1.Nc1ccc2ncsc2c1.O=C(O)c1n[nH]nc1Nc1ccc2ncsc2c1. The van der Waals surface area contributed by atoms with Gasteiger partial charge >= 0.3 is 17.9 Å². The number of esters is 1. The molecule has 0 aliphatic rings. The van der Waals surface area contributed by atoms with Crippen molar-refractivity contribution >= 4 is 144 Å². The molecule has 7 aromatic heterocycles. The average molecular weight is 1200 g/mol. The predicted molar refractivity (Wildman–Crippen MR) is 323 cm³/mol. The summed E-state index contributed by atoms with van der Waals surface area (Å²) in [7, 11) is 3.23. The Morgan fingerprint density at radius 2 is 0.952 bits per heavy atom. The molecule has 84 heavy (non-hydrogen) atoms. The zero-order valence-electron chi connectivity index (χ0n) is 44.4. The summed E-state index contributed by atoms with van der Waals surface area (Å²) in [4.78, 5) is 51.6. The van der Waals surface area contributed by atoms with E-state index < -0.39 is 17.9 Å². The summed E-state index contributed by atoms with van der Waals surface area (Å²) in [6, 6.07) is 37.9. The second-order valence-electron chi connectivity index (χ2n) is 17.5. The molecule has 0 unspecified atom stereocenters. The molecule has 0 amide bonds. The number of aromatic nitrogens is 13. The predicted octanol–water partition coefficient (Wildman–Crippen LogP) is 11.0. The molecule has 0 saturated carbocycles. The fourth-order valence-corrected chi connectivity index (χ4v) is 10.8. The van der Waals surface area contributed by atoms with Crippen molar-refractivity contribution in [1.82, 2.24) is 65.3 Å². The number of ether oxygens (including phenoxy) is 3. The third kappa shape index (κ3) is 13.8. The largest absolute Gasteiger partial charge is 0.497 e. The van der Waals surface area contributed by atoms with Gasteiger partial charge in [0.05, 0.1) is 96.8 Å². The fraction of sp³-hybridized carbons (Fsp3) is 0.109. The maximum atomic E-state index is 12.4. The highest BCUT2D eigenvalue weighted by Gasteiger charge is 2.23. The quantitative estimate of drug-likeness (QED) is 0.0349. The van der Waals surface area contributed by atoms with Crippen LogP contribution in [0, 0.1) is 0 Å². The van der Waals surface area contributed by atoms with Crippen LogP contribution in [0.3, 0.4) is 0 Å².